The first kappa shape index (κ1) is 22.5. The summed E-state index contributed by atoms with van der Waals surface area (Å²) in [6.07, 6.45) is -8.63. The fraction of sp³-hybridized carbons (Fsp3) is 0.176. The molecule has 0 atom stereocenters. The highest BCUT2D eigenvalue weighted by atomic mass is 35.5. The molecule has 6 nitrogen and oxygen atoms in total. The van der Waals surface area contributed by atoms with Crippen LogP contribution in [0, 0.1) is 5.82 Å². The van der Waals surface area contributed by atoms with Crippen molar-refractivity contribution in [2.45, 2.75) is 18.9 Å². The van der Waals surface area contributed by atoms with Gasteiger partial charge in [0.1, 0.15) is 5.82 Å². The van der Waals surface area contributed by atoms with E-state index < -0.39 is 58.3 Å². The molecule has 14 heteroatoms. The molecule has 164 valence electrons. The number of benzene rings is 1. The second kappa shape index (κ2) is 8.13. The van der Waals surface area contributed by atoms with Crippen molar-refractivity contribution >= 4 is 23.2 Å². The Labute approximate surface area is 173 Å². The van der Waals surface area contributed by atoms with Gasteiger partial charge in [-0.25, -0.2) is 4.39 Å². The zero-order valence-electron chi connectivity index (χ0n) is 14.9. The van der Waals surface area contributed by atoms with Crippen LogP contribution in [0.2, 0.25) is 5.02 Å². The Bertz CT molecular complexity index is 1130. The van der Waals surface area contributed by atoms with Crippen LogP contribution in [0.3, 0.4) is 0 Å². The highest BCUT2D eigenvalue weighted by molar-refractivity contribution is 6.31. The summed E-state index contributed by atoms with van der Waals surface area (Å²) in [5.41, 5.74) is -4.47. The molecule has 0 saturated heterocycles. The van der Waals surface area contributed by atoms with Gasteiger partial charge in [0.25, 0.3) is 5.91 Å². The van der Waals surface area contributed by atoms with E-state index >= 15 is 0 Å². The Balaban J connectivity index is 1.95. The molecule has 0 bridgehead atoms. The zero-order chi connectivity index (χ0) is 23.0. The third-order valence-corrected chi connectivity index (χ3v) is 4.33. The second-order valence-electron chi connectivity index (χ2n) is 6.06. The lowest BCUT2D eigenvalue weighted by Crippen LogP contribution is -2.22. The van der Waals surface area contributed by atoms with Crippen LogP contribution in [0.25, 0.3) is 0 Å². The lowest BCUT2D eigenvalue weighted by molar-refractivity contribution is -0.144. The van der Waals surface area contributed by atoms with Crippen LogP contribution in [-0.4, -0.2) is 25.9 Å². The lowest BCUT2D eigenvalue weighted by Gasteiger charge is -2.14. The number of amides is 1. The Morgan fingerprint density at radius 1 is 1.10 bits per heavy atom. The molecule has 0 spiro atoms. The van der Waals surface area contributed by atoms with Gasteiger partial charge in [-0.05, 0) is 17.7 Å². The van der Waals surface area contributed by atoms with Crippen molar-refractivity contribution in [3.63, 3.8) is 0 Å². The average molecular weight is 468 g/mol. The van der Waals surface area contributed by atoms with E-state index in [4.69, 9.17) is 11.6 Å². The zero-order valence-corrected chi connectivity index (χ0v) is 15.6. The van der Waals surface area contributed by atoms with Crippen LogP contribution >= 0.6 is 11.6 Å². The topological polar surface area (TPSA) is 72.7 Å². The molecule has 3 rings (SSSR count). The molecule has 0 aliphatic carbocycles. The van der Waals surface area contributed by atoms with Gasteiger partial charge in [0, 0.05) is 0 Å². The van der Waals surface area contributed by atoms with Gasteiger partial charge in [-0.2, -0.15) is 36.5 Å². The van der Waals surface area contributed by atoms with Crippen molar-refractivity contribution in [2.24, 2.45) is 0 Å². The molecule has 1 aromatic carbocycles. The van der Waals surface area contributed by atoms with E-state index in [0.717, 1.165) is 12.3 Å². The minimum atomic E-state index is -5.07. The van der Waals surface area contributed by atoms with Crippen LogP contribution < -0.4 is 5.32 Å². The molecule has 3 aromatic rings. The summed E-state index contributed by atoms with van der Waals surface area (Å²) in [4.78, 5) is 12.3. The minimum absolute atomic E-state index is 0.0321. The lowest BCUT2D eigenvalue weighted by atomic mass is 10.2. The number of anilines is 1. The Kier molecular flexibility index (Phi) is 5.89. The van der Waals surface area contributed by atoms with Gasteiger partial charge >= 0.3 is 12.4 Å². The summed E-state index contributed by atoms with van der Waals surface area (Å²) >= 11 is 5.76. The number of rotatable bonds is 4. The summed E-state index contributed by atoms with van der Waals surface area (Å²) in [6.45, 7) is -0.617. The molecule has 0 aliphatic heterocycles. The van der Waals surface area contributed by atoms with Crippen molar-refractivity contribution < 1.29 is 35.5 Å². The molecule has 1 N–H and O–H groups in total. The predicted molar refractivity (Wildman–Crippen MR) is 92.7 cm³/mol. The fourth-order valence-electron chi connectivity index (χ4n) is 2.57. The average Bonchev–Trinajstić information content (AvgIpc) is 3.09. The number of carbonyl (C=O) groups is 1. The number of nitrogens with one attached hydrogen (secondary N) is 1. The van der Waals surface area contributed by atoms with Gasteiger partial charge in [-0.3, -0.25) is 9.48 Å². The Morgan fingerprint density at radius 3 is 2.45 bits per heavy atom. The molecule has 2 heterocycles. The molecule has 0 fully saturated rings. The molecule has 2 aromatic heterocycles. The number of alkyl halides is 6. The maximum absolute atomic E-state index is 13.6. The summed E-state index contributed by atoms with van der Waals surface area (Å²) in [5, 5.41) is 10.9. The first-order chi connectivity index (χ1) is 14.4. The molecule has 0 unspecified atom stereocenters. The second-order valence-corrected chi connectivity index (χ2v) is 6.43. The van der Waals surface area contributed by atoms with Crippen LogP contribution in [0.4, 0.5) is 36.4 Å². The quantitative estimate of drug-likeness (QED) is 0.559. The Hall–Kier alpha value is -3.22. The van der Waals surface area contributed by atoms with E-state index in [2.05, 4.69) is 15.3 Å². The first-order valence-electron chi connectivity index (χ1n) is 8.15. The van der Waals surface area contributed by atoms with Gasteiger partial charge in [-0.15, -0.1) is 5.10 Å². The summed E-state index contributed by atoms with van der Waals surface area (Å²) in [5.74, 6) is -2.24. The smallest absolute Gasteiger partial charge is 0.320 e. The summed E-state index contributed by atoms with van der Waals surface area (Å²) in [6, 6.07) is 3.93. The first-order valence-corrected chi connectivity index (χ1v) is 8.53. The molecule has 0 aliphatic rings. The van der Waals surface area contributed by atoms with Gasteiger partial charge in [0.2, 0.25) is 0 Å². The largest absolute Gasteiger partial charge is 0.435 e. The van der Waals surface area contributed by atoms with Crippen molar-refractivity contribution in [3.05, 3.63) is 70.0 Å². The third kappa shape index (κ3) is 4.93. The maximum Gasteiger partial charge on any atom is 0.435 e. The highest BCUT2D eigenvalue weighted by Gasteiger charge is 2.40. The van der Waals surface area contributed by atoms with Crippen molar-refractivity contribution in [3.8, 4) is 0 Å². The highest BCUT2D eigenvalue weighted by Crippen LogP contribution is 2.34. The minimum Gasteiger partial charge on any atom is -0.320 e. The summed E-state index contributed by atoms with van der Waals surface area (Å²) in [7, 11) is 0. The van der Waals surface area contributed by atoms with Crippen molar-refractivity contribution in [2.75, 3.05) is 5.32 Å². The van der Waals surface area contributed by atoms with E-state index in [1.807, 2.05) is 5.32 Å². The number of halogens is 8. The summed E-state index contributed by atoms with van der Waals surface area (Å²) < 4.78 is 93.0. The third-order valence-electron chi connectivity index (χ3n) is 3.91. The molecular weight excluding hydrogens is 459 g/mol. The normalized spacial score (nSPS) is 12.1. The van der Waals surface area contributed by atoms with E-state index in [-0.39, 0.29) is 5.56 Å². The van der Waals surface area contributed by atoms with Crippen molar-refractivity contribution in [1.29, 1.82) is 0 Å². The molecule has 0 saturated carbocycles. The SMILES string of the molecule is O=C(Nc1cnnc(C(F)(F)F)c1)c1cnn(Cc2cccc(F)c2Cl)c1C(F)(F)F. The van der Waals surface area contributed by atoms with Crippen LogP contribution in [-0.2, 0) is 18.9 Å². The number of aromatic nitrogens is 4. The maximum atomic E-state index is 13.6. The standard InChI is InChI=1S/C17H9ClF7N5O/c18-13-8(2-1-3-11(13)19)7-30-14(17(23,24)25)10(6-27-30)15(31)28-9-4-12(16(20,21)22)29-26-5-9/h1-6H,7H2,(H,28,29,31). The number of carbonyl (C=O) groups excluding carboxylic acids is 1. The van der Waals surface area contributed by atoms with Gasteiger partial charge < -0.3 is 5.32 Å². The van der Waals surface area contributed by atoms with E-state index in [1.165, 1.54) is 12.1 Å². The van der Waals surface area contributed by atoms with Crippen LogP contribution in [0.15, 0.2) is 36.7 Å². The molecule has 1 amide bonds. The van der Waals surface area contributed by atoms with Crippen molar-refractivity contribution in [1.82, 2.24) is 20.0 Å². The number of hydrogen-bond donors (Lipinski definition) is 1. The Morgan fingerprint density at radius 2 is 1.81 bits per heavy atom. The van der Waals surface area contributed by atoms with Crippen LogP contribution in [0.5, 0.6) is 0 Å². The van der Waals surface area contributed by atoms with E-state index in [9.17, 15) is 35.5 Å². The molecule has 0 radical (unpaired) electrons. The van der Waals surface area contributed by atoms with Gasteiger partial charge in [-0.1, -0.05) is 23.7 Å². The predicted octanol–water partition coefficient (Wildman–Crippen LogP) is 4.80. The van der Waals surface area contributed by atoms with E-state index in [0.29, 0.717) is 16.9 Å². The van der Waals surface area contributed by atoms with Gasteiger partial charge in [0.15, 0.2) is 11.4 Å². The molecule has 31 heavy (non-hydrogen) atoms. The van der Waals surface area contributed by atoms with Gasteiger partial charge in [0.05, 0.1) is 35.2 Å². The molecular formula is C17H9ClF7N5O. The van der Waals surface area contributed by atoms with Crippen LogP contribution in [0.1, 0.15) is 27.3 Å². The van der Waals surface area contributed by atoms with E-state index in [1.54, 1.807) is 0 Å². The number of nitrogens with zero attached hydrogens (tertiary/aromatic N) is 4. The fourth-order valence-corrected chi connectivity index (χ4v) is 2.76. The monoisotopic (exact) mass is 467 g/mol. The number of hydrogen-bond acceptors (Lipinski definition) is 4.